The minimum atomic E-state index is 0.544. The zero-order chi connectivity index (χ0) is 17.1. The fraction of sp³-hybridized carbons (Fsp3) is 0.611. The lowest BCUT2D eigenvalue weighted by molar-refractivity contribution is 0.467. The molecule has 2 aromatic heterocycles. The molecule has 0 atom stereocenters. The van der Waals surface area contributed by atoms with Gasteiger partial charge in [-0.3, -0.25) is 4.68 Å². The molecule has 0 saturated heterocycles. The number of hydrogen-bond donors (Lipinski definition) is 3. The summed E-state index contributed by atoms with van der Waals surface area (Å²) in [5.41, 5.74) is 7.76. The van der Waals surface area contributed by atoms with Crippen molar-refractivity contribution in [3.05, 3.63) is 24.2 Å². The SMILES string of the molecule is NCCCNc1nc(Nc2cnn(C3CCCC3)c2)ncc1C1CC1. The van der Waals surface area contributed by atoms with E-state index in [9.17, 15) is 0 Å². The molecule has 2 aliphatic carbocycles. The molecule has 2 aromatic rings. The average Bonchev–Trinajstić information content (AvgIpc) is 3.11. The molecule has 0 spiro atoms. The van der Waals surface area contributed by atoms with Crippen LogP contribution < -0.4 is 16.4 Å². The molecule has 4 N–H and O–H groups in total. The zero-order valence-corrected chi connectivity index (χ0v) is 14.6. The lowest BCUT2D eigenvalue weighted by atomic mass is 10.2. The number of rotatable bonds is 8. The first-order valence-electron chi connectivity index (χ1n) is 9.45. The normalized spacial score (nSPS) is 17.8. The van der Waals surface area contributed by atoms with Gasteiger partial charge in [0.15, 0.2) is 0 Å². The third kappa shape index (κ3) is 3.92. The number of aromatic nitrogens is 4. The molecule has 0 bridgehead atoms. The Hall–Kier alpha value is -2.15. The molecular formula is C18H27N7. The Bertz CT molecular complexity index is 701. The maximum absolute atomic E-state index is 5.59. The van der Waals surface area contributed by atoms with Crippen molar-refractivity contribution in [3.63, 3.8) is 0 Å². The molecule has 0 aliphatic heterocycles. The smallest absolute Gasteiger partial charge is 0.229 e. The van der Waals surface area contributed by atoms with Crippen molar-refractivity contribution in [2.24, 2.45) is 5.73 Å². The highest BCUT2D eigenvalue weighted by Crippen LogP contribution is 2.42. The van der Waals surface area contributed by atoms with Gasteiger partial charge in [-0.1, -0.05) is 12.8 Å². The Labute approximate surface area is 148 Å². The van der Waals surface area contributed by atoms with Gasteiger partial charge >= 0.3 is 0 Å². The minimum Gasteiger partial charge on any atom is -0.370 e. The van der Waals surface area contributed by atoms with E-state index in [1.807, 2.05) is 12.4 Å². The molecule has 0 amide bonds. The van der Waals surface area contributed by atoms with Crippen LogP contribution in [0, 0.1) is 0 Å². The van der Waals surface area contributed by atoms with Gasteiger partial charge in [0.2, 0.25) is 5.95 Å². The van der Waals surface area contributed by atoms with E-state index in [2.05, 4.69) is 31.6 Å². The van der Waals surface area contributed by atoms with Crippen LogP contribution in [-0.4, -0.2) is 32.8 Å². The third-order valence-corrected chi connectivity index (χ3v) is 5.06. The first-order valence-corrected chi connectivity index (χ1v) is 9.45. The van der Waals surface area contributed by atoms with Gasteiger partial charge in [0.05, 0.1) is 17.9 Å². The Morgan fingerprint density at radius 1 is 1.16 bits per heavy atom. The van der Waals surface area contributed by atoms with Gasteiger partial charge < -0.3 is 16.4 Å². The van der Waals surface area contributed by atoms with Gasteiger partial charge in [0.25, 0.3) is 0 Å². The van der Waals surface area contributed by atoms with Crippen LogP contribution in [0.5, 0.6) is 0 Å². The quantitative estimate of drug-likeness (QED) is 0.639. The van der Waals surface area contributed by atoms with Crippen LogP contribution in [-0.2, 0) is 0 Å². The summed E-state index contributed by atoms with van der Waals surface area (Å²) in [4.78, 5) is 9.20. The number of nitrogens with zero attached hydrogens (tertiary/aromatic N) is 4. The van der Waals surface area contributed by atoms with Gasteiger partial charge in [0, 0.05) is 24.5 Å². The van der Waals surface area contributed by atoms with E-state index in [0.717, 1.165) is 24.5 Å². The van der Waals surface area contributed by atoms with E-state index in [-0.39, 0.29) is 0 Å². The van der Waals surface area contributed by atoms with Crippen molar-refractivity contribution in [1.29, 1.82) is 0 Å². The maximum Gasteiger partial charge on any atom is 0.229 e. The second-order valence-electron chi connectivity index (χ2n) is 7.11. The van der Waals surface area contributed by atoms with Crippen molar-refractivity contribution >= 4 is 17.5 Å². The van der Waals surface area contributed by atoms with Crippen molar-refractivity contribution < 1.29 is 0 Å². The molecule has 2 saturated carbocycles. The Morgan fingerprint density at radius 3 is 2.76 bits per heavy atom. The highest BCUT2D eigenvalue weighted by atomic mass is 15.3. The van der Waals surface area contributed by atoms with E-state index in [1.165, 1.54) is 44.1 Å². The summed E-state index contributed by atoms with van der Waals surface area (Å²) < 4.78 is 2.08. The molecule has 7 nitrogen and oxygen atoms in total. The molecule has 7 heteroatoms. The van der Waals surface area contributed by atoms with E-state index in [4.69, 9.17) is 10.7 Å². The van der Waals surface area contributed by atoms with Gasteiger partial charge in [0.1, 0.15) is 5.82 Å². The fourth-order valence-electron chi connectivity index (χ4n) is 3.50. The molecule has 25 heavy (non-hydrogen) atoms. The summed E-state index contributed by atoms with van der Waals surface area (Å²) >= 11 is 0. The highest BCUT2D eigenvalue weighted by Gasteiger charge is 2.27. The maximum atomic E-state index is 5.59. The molecule has 0 aromatic carbocycles. The topological polar surface area (TPSA) is 93.7 Å². The van der Waals surface area contributed by atoms with Crippen molar-refractivity contribution in [1.82, 2.24) is 19.7 Å². The number of nitrogens with one attached hydrogen (secondary N) is 2. The summed E-state index contributed by atoms with van der Waals surface area (Å²) in [5, 5.41) is 11.2. The third-order valence-electron chi connectivity index (χ3n) is 5.06. The van der Waals surface area contributed by atoms with Crippen LogP contribution in [0.2, 0.25) is 0 Å². The minimum absolute atomic E-state index is 0.544. The lowest BCUT2D eigenvalue weighted by Gasteiger charge is -2.12. The number of hydrogen-bond acceptors (Lipinski definition) is 6. The summed E-state index contributed by atoms with van der Waals surface area (Å²) in [6.45, 7) is 1.52. The standard InChI is InChI=1S/C18H27N7/c19-8-3-9-20-17-16(13-6-7-13)11-21-18(24-17)23-14-10-22-25(12-14)15-4-1-2-5-15/h10-13,15H,1-9,19H2,(H2,20,21,23,24). The lowest BCUT2D eigenvalue weighted by Crippen LogP contribution is -2.12. The van der Waals surface area contributed by atoms with E-state index >= 15 is 0 Å². The fourth-order valence-corrected chi connectivity index (χ4v) is 3.50. The van der Waals surface area contributed by atoms with Gasteiger partial charge in [-0.05, 0) is 44.6 Å². The predicted molar refractivity (Wildman–Crippen MR) is 99.2 cm³/mol. The summed E-state index contributed by atoms with van der Waals surface area (Å²) in [5.74, 6) is 2.17. The van der Waals surface area contributed by atoms with Crippen LogP contribution in [0.25, 0.3) is 0 Å². The largest absolute Gasteiger partial charge is 0.370 e. The average molecular weight is 341 g/mol. The number of nitrogens with two attached hydrogens (primary N) is 1. The monoisotopic (exact) mass is 341 g/mol. The number of anilines is 3. The van der Waals surface area contributed by atoms with Gasteiger partial charge in [-0.15, -0.1) is 0 Å². The van der Waals surface area contributed by atoms with Crippen LogP contribution in [0.1, 0.15) is 62.5 Å². The summed E-state index contributed by atoms with van der Waals surface area (Å²) in [6.07, 6.45) is 14.3. The molecule has 0 unspecified atom stereocenters. The van der Waals surface area contributed by atoms with E-state index in [1.54, 1.807) is 0 Å². The van der Waals surface area contributed by atoms with Crippen LogP contribution in [0.15, 0.2) is 18.6 Å². The first kappa shape index (κ1) is 16.3. The molecule has 0 radical (unpaired) electrons. The van der Waals surface area contributed by atoms with Gasteiger partial charge in [-0.2, -0.15) is 10.1 Å². The van der Waals surface area contributed by atoms with Crippen molar-refractivity contribution in [2.75, 3.05) is 23.7 Å². The van der Waals surface area contributed by atoms with Crippen molar-refractivity contribution in [3.8, 4) is 0 Å². The van der Waals surface area contributed by atoms with Crippen LogP contribution in [0.3, 0.4) is 0 Å². The highest BCUT2D eigenvalue weighted by molar-refractivity contribution is 5.55. The Balaban J connectivity index is 1.47. The van der Waals surface area contributed by atoms with Crippen LogP contribution in [0.4, 0.5) is 17.5 Å². The molecule has 2 heterocycles. The molecule has 2 aliphatic rings. The predicted octanol–water partition coefficient (Wildman–Crippen LogP) is 3.17. The molecule has 4 rings (SSSR count). The van der Waals surface area contributed by atoms with E-state index < -0.39 is 0 Å². The Morgan fingerprint density at radius 2 is 2.00 bits per heavy atom. The second-order valence-corrected chi connectivity index (χ2v) is 7.11. The Kier molecular flexibility index (Phi) is 4.83. The molecular weight excluding hydrogens is 314 g/mol. The van der Waals surface area contributed by atoms with Crippen molar-refractivity contribution in [2.45, 2.75) is 56.9 Å². The summed E-state index contributed by atoms with van der Waals surface area (Å²) in [6, 6.07) is 0.544. The van der Waals surface area contributed by atoms with Gasteiger partial charge in [-0.25, -0.2) is 4.98 Å². The first-order chi connectivity index (χ1) is 12.3. The molecule has 2 fully saturated rings. The zero-order valence-electron chi connectivity index (χ0n) is 14.6. The van der Waals surface area contributed by atoms with Crippen LogP contribution >= 0.6 is 0 Å². The summed E-state index contributed by atoms with van der Waals surface area (Å²) in [7, 11) is 0. The van der Waals surface area contributed by atoms with E-state index in [0.29, 0.717) is 24.5 Å². The second kappa shape index (κ2) is 7.39. The molecule has 134 valence electrons.